The predicted molar refractivity (Wildman–Crippen MR) is 131 cm³/mol. The molecular weight excluding hydrogens is 489 g/mol. The normalized spacial score (nSPS) is 14.8. The molecule has 0 saturated carbocycles. The molecule has 1 N–H and O–H groups in total. The number of aromatic nitrogens is 2. The molecule has 0 amide bonds. The first-order valence-electron chi connectivity index (χ1n) is 10.1. The van der Waals surface area contributed by atoms with E-state index in [4.69, 9.17) is 4.74 Å². The van der Waals surface area contributed by atoms with Crippen LogP contribution in [0, 0.1) is 0 Å². The summed E-state index contributed by atoms with van der Waals surface area (Å²) in [5, 5.41) is 7.80. The van der Waals surface area contributed by atoms with Crippen LogP contribution in [0.25, 0.3) is 5.69 Å². The Bertz CT molecular complexity index is 922. The van der Waals surface area contributed by atoms with E-state index in [1.165, 1.54) is 5.56 Å². The minimum Gasteiger partial charge on any atom is -0.490 e. The maximum atomic E-state index is 6.10. The molecule has 0 unspecified atom stereocenters. The molecule has 1 aromatic heterocycles. The lowest BCUT2D eigenvalue weighted by Gasteiger charge is -2.34. The molecule has 0 aliphatic carbocycles. The van der Waals surface area contributed by atoms with Crippen molar-refractivity contribution in [3.05, 3.63) is 78.6 Å². The Kier molecular flexibility index (Phi) is 8.12. The smallest absolute Gasteiger partial charge is 0.193 e. The molecule has 3 aromatic rings. The third-order valence-corrected chi connectivity index (χ3v) is 5.13. The van der Waals surface area contributed by atoms with Gasteiger partial charge in [0.2, 0.25) is 0 Å². The lowest BCUT2D eigenvalue weighted by molar-refractivity contribution is 0.129. The zero-order valence-corrected chi connectivity index (χ0v) is 19.5. The van der Waals surface area contributed by atoms with E-state index in [0.717, 1.165) is 49.9 Å². The number of nitrogens with one attached hydrogen (secondary N) is 1. The summed E-state index contributed by atoms with van der Waals surface area (Å²) >= 11 is 0. The van der Waals surface area contributed by atoms with Crippen LogP contribution in [0.2, 0.25) is 0 Å². The molecule has 4 rings (SSSR count). The number of piperidine rings is 1. The van der Waals surface area contributed by atoms with Gasteiger partial charge in [0.15, 0.2) is 5.96 Å². The maximum Gasteiger partial charge on any atom is 0.193 e. The van der Waals surface area contributed by atoms with Gasteiger partial charge in [0, 0.05) is 51.9 Å². The van der Waals surface area contributed by atoms with Gasteiger partial charge in [-0.05, 0) is 35.9 Å². The quantitative estimate of drug-likeness (QED) is 0.315. The summed E-state index contributed by atoms with van der Waals surface area (Å²) in [6, 6.07) is 20.4. The molecule has 1 saturated heterocycles. The van der Waals surface area contributed by atoms with E-state index in [-0.39, 0.29) is 30.1 Å². The van der Waals surface area contributed by atoms with Crippen LogP contribution < -0.4 is 10.1 Å². The Balaban J connectivity index is 0.00000256. The fraction of sp³-hybridized carbons (Fsp3) is 0.304. The van der Waals surface area contributed by atoms with Crippen LogP contribution in [-0.2, 0) is 6.54 Å². The van der Waals surface area contributed by atoms with Crippen molar-refractivity contribution in [2.75, 3.05) is 20.1 Å². The zero-order valence-electron chi connectivity index (χ0n) is 17.1. The van der Waals surface area contributed by atoms with Crippen molar-refractivity contribution >= 4 is 29.9 Å². The molecule has 1 aliphatic rings. The van der Waals surface area contributed by atoms with E-state index in [2.05, 4.69) is 44.6 Å². The largest absolute Gasteiger partial charge is 0.490 e. The molecule has 0 bridgehead atoms. The van der Waals surface area contributed by atoms with Crippen molar-refractivity contribution in [3.63, 3.8) is 0 Å². The molecule has 30 heavy (non-hydrogen) atoms. The van der Waals surface area contributed by atoms with Crippen molar-refractivity contribution in [3.8, 4) is 11.4 Å². The van der Waals surface area contributed by atoms with Gasteiger partial charge in [-0.15, -0.1) is 24.0 Å². The summed E-state index contributed by atoms with van der Waals surface area (Å²) in [6.07, 6.45) is 5.98. The number of hydrogen-bond acceptors (Lipinski definition) is 3. The lowest BCUT2D eigenvalue weighted by atomic mass is 10.1. The van der Waals surface area contributed by atoms with Crippen molar-refractivity contribution < 1.29 is 4.74 Å². The highest BCUT2D eigenvalue weighted by Gasteiger charge is 2.22. The van der Waals surface area contributed by atoms with Crippen LogP contribution in [0.3, 0.4) is 0 Å². The van der Waals surface area contributed by atoms with Crippen molar-refractivity contribution in [1.82, 2.24) is 20.0 Å². The Morgan fingerprint density at radius 2 is 1.90 bits per heavy atom. The van der Waals surface area contributed by atoms with Crippen LogP contribution in [0.15, 0.2) is 78.0 Å². The number of halogens is 1. The molecule has 2 heterocycles. The number of rotatable bonds is 5. The van der Waals surface area contributed by atoms with Gasteiger partial charge in [-0.1, -0.05) is 30.3 Å². The van der Waals surface area contributed by atoms with Gasteiger partial charge >= 0.3 is 0 Å². The summed E-state index contributed by atoms with van der Waals surface area (Å²) in [4.78, 5) is 6.79. The SMILES string of the molecule is CN=C(NCc1cccc(-n2cccn2)c1)N1CCC(Oc2ccccc2)CC1.I. The zero-order chi connectivity index (χ0) is 19.9. The second kappa shape index (κ2) is 11.0. The van der Waals surface area contributed by atoms with Gasteiger partial charge in [-0.25, -0.2) is 4.68 Å². The first-order chi connectivity index (χ1) is 14.3. The molecule has 1 fully saturated rings. The molecule has 2 aromatic carbocycles. The van der Waals surface area contributed by atoms with Crippen LogP contribution in [0.1, 0.15) is 18.4 Å². The van der Waals surface area contributed by atoms with Gasteiger partial charge in [0.25, 0.3) is 0 Å². The maximum absolute atomic E-state index is 6.10. The highest BCUT2D eigenvalue weighted by atomic mass is 127. The minimum absolute atomic E-state index is 0. The standard InChI is InChI=1S/C23H27N5O.HI/c1-24-23(25-18-19-7-5-8-20(17-19)28-14-6-13-26-28)27-15-11-22(12-16-27)29-21-9-3-2-4-10-21;/h2-10,13-14,17,22H,11-12,15-16,18H2,1H3,(H,24,25);1H. The van der Waals surface area contributed by atoms with Crippen LogP contribution >= 0.6 is 24.0 Å². The fourth-order valence-electron chi connectivity index (χ4n) is 3.62. The number of guanidine groups is 1. The molecule has 158 valence electrons. The molecule has 0 spiro atoms. The Morgan fingerprint density at radius 3 is 2.60 bits per heavy atom. The number of hydrogen-bond donors (Lipinski definition) is 1. The third-order valence-electron chi connectivity index (χ3n) is 5.13. The highest BCUT2D eigenvalue weighted by Crippen LogP contribution is 2.19. The van der Waals surface area contributed by atoms with E-state index >= 15 is 0 Å². The van der Waals surface area contributed by atoms with Gasteiger partial charge in [0.05, 0.1) is 5.69 Å². The number of likely N-dealkylation sites (tertiary alicyclic amines) is 1. The average Bonchev–Trinajstić information content (AvgIpc) is 3.31. The molecular formula is C23H28IN5O. The number of ether oxygens (including phenoxy) is 1. The van der Waals surface area contributed by atoms with E-state index < -0.39 is 0 Å². The lowest BCUT2D eigenvalue weighted by Crippen LogP contribution is -2.47. The van der Waals surface area contributed by atoms with E-state index in [9.17, 15) is 0 Å². The minimum atomic E-state index is 0. The van der Waals surface area contributed by atoms with E-state index in [1.54, 1.807) is 6.20 Å². The van der Waals surface area contributed by atoms with Gasteiger partial charge in [-0.3, -0.25) is 4.99 Å². The van der Waals surface area contributed by atoms with Crippen LogP contribution in [0.4, 0.5) is 0 Å². The van der Waals surface area contributed by atoms with Gasteiger partial charge < -0.3 is 15.0 Å². The topological polar surface area (TPSA) is 54.7 Å². The molecule has 1 aliphatic heterocycles. The van der Waals surface area contributed by atoms with Crippen LogP contribution in [0.5, 0.6) is 5.75 Å². The second-order valence-electron chi connectivity index (χ2n) is 7.14. The van der Waals surface area contributed by atoms with E-state index in [1.807, 2.05) is 54.3 Å². The first kappa shape index (κ1) is 22.1. The van der Waals surface area contributed by atoms with Crippen molar-refractivity contribution in [2.24, 2.45) is 4.99 Å². The van der Waals surface area contributed by atoms with Gasteiger partial charge in [0.1, 0.15) is 11.9 Å². The summed E-state index contributed by atoms with van der Waals surface area (Å²) in [6.45, 7) is 2.59. The Morgan fingerprint density at radius 1 is 1.10 bits per heavy atom. The molecule has 0 radical (unpaired) electrons. The summed E-state index contributed by atoms with van der Waals surface area (Å²) in [5.74, 6) is 1.89. The van der Waals surface area contributed by atoms with Crippen molar-refractivity contribution in [2.45, 2.75) is 25.5 Å². The van der Waals surface area contributed by atoms with Crippen molar-refractivity contribution in [1.29, 1.82) is 0 Å². The Labute approximate surface area is 195 Å². The number of benzene rings is 2. The third kappa shape index (κ3) is 5.75. The summed E-state index contributed by atoms with van der Waals surface area (Å²) in [7, 11) is 1.84. The number of nitrogens with zero attached hydrogens (tertiary/aromatic N) is 4. The number of para-hydroxylation sites is 1. The first-order valence-corrected chi connectivity index (χ1v) is 10.1. The second-order valence-corrected chi connectivity index (χ2v) is 7.14. The van der Waals surface area contributed by atoms with Gasteiger partial charge in [-0.2, -0.15) is 5.10 Å². The molecule has 7 heteroatoms. The van der Waals surface area contributed by atoms with Crippen LogP contribution in [-0.4, -0.2) is 46.9 Å². The Hall–Kier alpha value is -2.55. The highest BCUT2D eigenvalue weighted by molar-refractivity contribution is 14.0. The summed E-state index contributed by atoms with van der Waals surface area (Å²) in [5.41, 5.74) is 2.25. The summed E-state index contributed by atoms with van der Waals surface area (Å²) < 4.78 is 7.97. The number of aliphatic imine (C=N–C) groups is 1. The van der Waals surface area contributed by atoms with E-state index in [0.29, 0.717) is 0 Å². The molecule has 0 atom stereocenters. The predicted octanol–water partition coefficient (Wildman–Crippen LogP) is 4.11. The fourth-order valence-corrected chi connectivity index (χ4v) is 3.62. The average molecular weight is 517 g/mol. The molecule has 6 nitrogen and oxygen atoms in total. The monoisotopic (exact) mass is 517 g/mol.